The molecule has 31 heavy (non-hydrogen) atoms. The Morgan fingerprint density at radius 2 is 2.16 bits per heavy atom. The fourth-order valence-electron chi connectivity index (χ4n) is 4.34. The summed E-state index contributed by atoms with van der Waals surface area (Å²) < 4.78 is 27.7. The van der Waals surface area contributed by atoms with Gasteiger partial charge in [0.05, 0.1) is 6.26 Å². The highest BCUT2D eigenvalue weighted by Gasteiger charge is 2.30. The number of aromatic nitrogens is 1. The number of carbonyl (C=O) groups is 2. The first-order valence-electron chi connectivity index (χ1n) is 10.2. The molecule has 0 bridgehead atoms. The number of rotatable bonds is 5. The van der Waals surface area contributed by atoms with E-state index in [-0.39, 0.29) is 23.8 Å². The van der Waals surface area contributed by atoms with Gasteiger partial charge in [0.1, 0.15) is 5.69 Å². The predicted octanol–water partition coefficient (Wildman–Crippen LogP) is 2.90. The highest BCUT2D eigenvalue weighted by Crippen LogP contribution is 2.36. The number of Topliss-reactive ketones (excluding diaryl/α,β-unsaturated/α-hetero) is 1. The molecule has 7 nitrogen and oxygen atoms in total. The molecule has 1 aromatic heterocycles. The van der Waals surface area contributed by atoms with Gasteiger partial charge in [-0.25, -0.2) is 13.1 Å². The molecule has 9 heteroatoms. The lowest BCUT2D eigenvalue weighted by molar-refractivity contribution is -0.113. The lowest BCUT2D eigenvalue weighted by Gasteiger charge is -2.24. The zero-order valence-corrected chi connectivity index (χ0v) is 18.7. The summed E-state index contributed by atoms with van der Waals surface area (Å²) in [4.78, 5) is 26.0. The maximum Gasteiger partial charge on any atom is 0.282 e. The first-order chi connectivity index (χ1) is 14.7. The molecule has 2 N–H and O–H groups in total. The molecule has 0 spiro atoms. The number of hydrogen-bond donors (Lipinski definition) is 2. The Morgan fingerprint density at radius 1 is 1.35 bits per heavy atom. The number of ketones is 1. The standard InChI is InChI=1S/C22H24ClN3O4S/c1-31(29,30)25-22(28)21-20(16-6-2-3-7-19(16)27)17-11-15(23)8-9-18(17)26(21)13-14-5-4-10-24-12-14/h2-3,6,8-9,11,14,24H,4-5,7,10,12-13H2,1H3,(H,25,28). The Balaban J connectivity index is 1.98. The van der Waals surface area contributed by atoms with Crippen LogP contribution in [0.3, 0.4) is 0 Å². The monoisotopic (exact) mass is 461 g/mol. The summed E-state index contributed by atoms with van der Waals surface area (Å²) >= 11 is 6.27. The minimum Gasteiger partial charge on any atom is -0.336 e. The average Bonchev–Trinajstić information content (AvgIpc) is 3.01. The molecule has 0 saturated carbocycles. The van der Waals surface area contributed by atoms with Crippen LogP contribution in [0.25, 0.3) is 16.5 Å². The summed E-state index contributed by atoms with van der Waals surface area (Å²) in [5.74, 6) is -0.611. The van der Waals surface area contributed by atoms with Crippen LogP contribution in [-0.4, -0.2) is 44.0 Å². The van der Waals surface area contributed by atoms with Crippen molar-refractivity contribution in [3.63, 3.8) is 0 Å². The van der Waals surface area contributed by atoms with Gasteiger partial charge in [0.2, 0.25) is 10.0 Å². The number of sulfonamides is 1. The van der Waals surface area contributed by atoms with Crippen LogP contribution in [0.15, 0.2) is 36.4 Å². The predicted molar refractivity (Wildman–Crippen MR) is 122 cm³/mol. The third-order valence-electron chi connectivity index (χ3n) is 5.63. The Hall–Kier alpha value is -2.42. The van der Waals surface area contributed by atoms with E-state index in [1.54, 1.807) is 30.4 Å². The van der Waals surface area contributed by atoms with Crippen LogP contribution < -0.4 is 10.0 Å². The van der Waals surface area contributed by atoms with Crippen LogP contribution in [0.1, 0.15) is 35.3 Å². The summed E-state index contributed by atoms with van der Waals surface area (Å²) in [6, 6.07) is 5.28. The Labute approximate surface area is 186 Å². The lowest BCUT2D eigenvalue weighted by atomic mass is 9.93. The fourth-order valence-corrected chi connectivity index (χ4v) is 4.95. The highest BCUT2D eigenvalue weighted by molar-refractivity contribution is 7.89. The number of nitrogens with one attached hydrogen (secondary N) is 2. The maximum atomic E-state index is 13.2. The van der Waals surface area contributed by atoms with E-state index in [4.69, 9.17) is 11.6 Å². The number of amides is 1. The number of halogens is 1. The van der Waals surface area contributed by atoms with E-state index in [1.807, 2.05) is 10.6 Å². The largest absolute Gasteiger partial charge is 0.336 e. The van der Waals surface area contributed by atoms with E-state index >= 15 is 0 Å². The molecule has 1 unspecified atom stereocenters. The van der Waals surface area contributed by atoms with Crippen molar-refractivity contribution < 1.29 is 18.0 Å². The quantitative estimate of drug-likeness (QED) is 0.713. The molecule has 1 fully saturated rings. The van der Waals surface area contributed by atoms with E-state index in [0.717, 1.165) is 37.7 Å². The van der Waals surface area contributed by atoms with Crippen molar-refractivity contribution in [2.45, 2.75) is 25.8 Å². The average molecular weight is 462 g/mol. The van der Waals surface area contributed by atoms with Gasteiger partial charge in [0.25, 0.3) is 5.91 Å². The minimum absolute atomic E-state index is 0.130. The van der Waals surface area contributed by atoms with Crippen LogP contribution in [0, 0.1) is 5.92 Å². The van der Waals surface area contributed by atoms with E-state index in [0.29, 0.717) is 28.1 Å². The number of allylic oxidation sites excluding steroid dienone is 4. The molecule has 1 aliphatic carbocycles. The van der Waals surface area contributed by atoms with Gasteiger partial charge in [0.15, 0.2) is 5.78 Å². The van der Waals surface area contributed by atoms with Gasteiger partial charge in [0, 0.05) is 40.0 Å². The van der Waals surface area contributed by atoms with Gasteiger partial charge < -0.3 is 9.88 Å². The SMILES string of the molecule is CS(=O)(=O)NC(=O)c1c(C2=CC=CCC2=O)c2cc(Cl)ccc2n1CC1CCCNC1. The Bertz CT molecular complexity index is 1220. The summed E-state index contributed by atoms with van der Waals surface area (Å²) in [7, 11) is -3.80. The molecular weight excluding hydrogens is 438 g/mol. The molecule has 2 heterocycles. The van der Waals surface area contributed by atoms with Crippen LogP contribution in [0.2, 0.25) is 5.02 Å². The van der Waals surface area contributed by atoms with Gasteiger partial charge in [-0.15, -0.1) is 0 Å². The van der Waals surface area contributed by atoms with Crippen molar-refractivity contribution in [3.05, 3.63) is 52.7 Å². The first kappa shape index (κ1) is 21.8. The molecular formula is C22H24ClN3O4S. The number of benzene rings is 1. The number of nitrogens with zero attached hydrogens (tertiary/aromatic N) is 1. The number of carbonyl (C=O) groups excluding carboxylic acids is 2. The van der Waals surface area contributed by atoms with Crippen molar-refractivity contribution in [3.8, 4) is 0 Å². The van der Waals surface area contributed by atoms with Crippen molar-refractivity contribution in [2.75, 3.05) is 19.3 Å². The molecule has 1 saturated heterocycles. The highest BCUT2D eigenvalue weighted by atomic mass is 35.5. The third kappa shape index (κ3) is 4.61. The molecule has 164 valence electrons. The third-order valence-corrected chi connectivity index (χ3v) is 6.42. The second-order valence-corrected chi connectivity index (χ2v) is 10.2. The lowest BCUT2D eigenvalue weighted by Crippen LogP contribution is -2.35. The summed E-state index contributed by atoms with van der Waals surface area (Å²) in [6.45, 7) is 2.29. The molecule has 1 amide bonds. The second-order valence-electron chi connectivity index (χ2n) is 8.05. The van der Waals surface area contributed by atoms with Gasteiger partial charge >= 0.3 is 0 Å². The minimum atomic E-state index is -3.80. The van der Waals surface area contributed by atoms with Crippen LogP contribution in [0.4, 0.5) is 0 Å². The number of fused-ring (bicyclic) bond motifs is 1. The van der Waals surface area contributed by atoms with Crippen LogP contribution in [-0.2, 0) is 21.4 Å². The van der Waals surface area contributed by atoms with Crippen molar-refractivity contribution in [1.82, 2.24) is 14.6 Å². The summed E-state index contributed by atoms with van der Waals surface area (Å²) in [6.07, 6.45) is 8.38. The molecule has 0 radical (unpaired) electrons. The topological polar surface area (TPSA) is 97.3 Å². The van der Waals surface area contributed by atoms with E-state index in [9.17, 15) is 18.0 Å². The smallest absolute Gasteiger partial charge is 0.282 e. The zero-order chi connectivity index (χ0) is 22.2. The van der Waals surface area contributed by atoms with Crippen molar-refractivity contribution in [2.24, 2.45) is 5.92 Å². The number of hydrogen-bond acceptors (Lipinski definition) is 5. The van der Waals surface area contributed by atoms with Crippen molar-refractivity contribution in [1.29, 1.82) is 0 Å². The second kappa shape index (κ2) is 8.61. The Kier molecular flexibility index (Phi) is 6.05. The molecule has 2 aromatic rings. The molecule has 1 atom stereocenters. The normalized spacial score (nSPS) is 19.5. The fraction of sp³-hybridized carbons (Fsp3) is 0.364. The summed E-state index contributed by atoms with van der Waals surface area (Å²) in [5, 5.41) is 4.50. The van der Waals surface area contributed by atoms with E-state index < -0.39 is 15.9 Å². The summed E-state index contributed by atoms with van der Waals surface area (Å²) in [5.41, 5.74) is 1.72. The van der Waals surface area contributed by atoms with Gasteiger partial charge in [-0.1, -0.05) is 29.8 Å². The zero-order valence-electron chi connectivity index (χ0n) is 17.2. The van der Waals surface area contributed by atoms with E-state index in [1.165, 1.54) is 0 Å². The first-order valence-corrected chi connectivity index (χ1v) is 12.5. The maximum absolute atomic E-state index is 13.2. The molecule has 1 aromatic carbocycles. The van der Waals surface area contributed by atoms with Crippen molar-refractivity contribution >= 4 is 49.8 Å². The Morgan fingerprint density at radius 3 is 2.84 bits per heavy atom. The van der Waals surface area contributed by atoms with Gasteiger partial charge in [-0.3, -0.25) is 9.59 Å². The van der Waals surface area contributed by atoms with Gasteiger partial charge in [-0.2, -0.15) is 0 Å². The number of piperidine rings is 1. The van der Waals surface area contributed by atoms with Crippen LogP contribution in [0.5, 0.6) is 0 Å². The molecule has 4 rings (SSSR count). The molecule has 1 aliphatic heterocycles. The van der Waals surface area contributed by atoms with E-state index in [2.05, 4.69) is 10.0 Å². The molecule has 2 aliphatic rings. The van der Waals surface area contributed by atoms with Crippen LogP contribution >= 0.6 is 11.6 Å². The van der Waals surface area contributed by atoms with Gasteiger partial charge in [-0.05, 0) is 50.0 Å².